The van der Waals surface area contributed by atoms with Crippen LogP contribution >= 0.6 is 0 Å². The van der Waals surface area contributed by atoms with Crippen LogP contribution in [0.1, 0.15) is 55.6 Å². The number of fused-ring (bicyclic) bond motifs is 3. The molecule has 36 heavy (non-hydrogen) atoms. The third-order valence-electron chi connectivity index (χ3n) is 7.16. The van der Waals surface area contributed by atoms with Gasteiger partial charge in [0.05, 0.1) is 28.6 Å². The molecule has 0 atom stereocenters. The van der Waals surface area contributed by atoms with E-state index in [9.17, 15) is 22.7 Å². The van der Waals surface area contributed by atoms with Gasteiger partial charge in [-0.2, -0.15) is 0 Å². The van der Waals surface area contributed by atoms with Crippen molar-refractivity contribution in [2.45, 2.75) is 58.1 Å². The predicted octanol–water partition coefficient (Wildman–Crippen LogP) is 4.16. The number of aliphatic hydroxyl groups excluding tert-OH is 1. The quantitative estimate of drug-likeness (QED) is 0.481. The van der Waals surface area contributed by atoms with Crippen molar-refractivity contribution in [1.29, 1.82) is 0 Å². The maximum absolute atomic E-state index is 15.4. The summed E-state index contributed by atoms with van der Waals surface area (Å²) in [6.45, 7) is 3.69. The van der Waals surface area contributed by atoms with Gasteiger partial charge < -0.3 is 16.2 Å². The van der Waals surface area contributed by atoms with E-state index in [0.717, 1.165) is 0 Å². The minimum absolute atomic E-state index is 0.0887. The lowest BCUT2D eigenvalue weighted by molar-refractivity contribution is 0.0996. The second-order valence-corrected chi connectivity index (χ2v) is 12.6. The van der Waals surface area contributed by atoms with Crippen LogP contribution in [-0.4, -0.2) is 41.3 Å². The molecule has 1 fully saturated rings. The number of amides is 1. The smallest absolute Gasteiger partial charge is 0.253 e. The molecule has 1 aliphatic heterocycles. The van der Waals surface area contributed by atoms with E-state index in [-0.39, 0.29) is 34.7 Å². The van der Waals surface area contributed by atoms with Gasteiger partial charge >= 0.3 is 0 Å². The Morgan fingerprint density at radius 1 is 1.14 bits per heavy atom. The molecule has 0 radical (unpaired) electrons. The Bertz CT molecular complexity index is 1490. The number of benzene rings is 2. The van der Waals surface area contributed by atoms with Gasteiger partial charge in [0.1, 0.15) is 11.6 Å². The summed E-state index contributed by atoms with van der Waals surface area (Å²) in [5.41, 5.74) is 6.37. The Hall–Kier alpha value is -2.98. The zero-order chi connectivity index (χ0) is 26.0. The van der Waals surface area contributed by atoms with Crippen LogP contribution in [0.3, 0.4) is 0 Å². The zero-order valence-electron chi connectivity index (χ0n) is 20.1. The lowest BCUT2D eigenvalue weighted by Crippen LogP contribution is -2.36. The second kappa shape index (κ2) is 8.55. The molecule has 1 aromatic heterocycles. The van der Waals surface area contributed by atoms with Crippen LogP contribution in [0.4, 0.5) is 14.5 Å². The predicted molar refractivity (Wildman–Crippen MR) is 134 cm³/mol. The van der Waals surface area contributed by atoms with Gasteiger partial charge in [-0.25, -0.2) is 21.2 Å². The SMILES string of the molecule is CC1(C)Cc2c(-c3cc(F)c(C(N)=O)c(N[C@H]4CC[C@H](O)CC4)c3)c3ccc(F)cc3n2S(=O)(=O)C1. The number of aliphatic hydroxyl groups is 1. The third-order valence-corrected chi connectivity index (χ3v) is 9.28. The molecule has 1 aliphatic carbocycles. The third kappa shape index (κ3) is 4.26. The summed E-state index contributed by atoms with van der Waals surface area (Å²) in [5, 5.41) is 13.5. The fraction of sp³-hybridized carbons (Fsp3) is 0.423. The number of carbonyl (C=O) groups excluding carboxylic acids is 1. The molecule has 2 heterocycles. The van der Waals surface area contributed by atoms with Crippen LogP contribution in [0.15, 0.2) is 30.3 Å². The van der Waals surface area contributed by atoms with Crippen LogP contribution in [-0.2, 0) is 16.4 Å². The summed E-state index contributed by atoms with van der Waals surface area (Å²) in [6.07, 6.45) is 2.44. The molecule has 0 saturated heterocycles. The van der Waals surface area contributed by atoms with E-state index in [1.54, 1.807) is 6.07 Å². The first-order chi connectivity index (χ1) is 16.9. The van der Waals surface area contributed by atoms with Gasteiger partial charge in [0.2, 0.25) is 10.0 Å². The monoisotopic (exact) mass is 517 g/mol. The lowest BCUT2D eigenvalue weighted by Gasteiger charge is -2.31. The minimum Gasteiger partial charge on any atom is -0.393 e. The Kier molecular flexibility index (Phi) is 5.87. The number of halogens is 2. The highest BCUT2D eigenvalue weighted by molar-refractivity contribution is 7.90. The fourth-order valence-electron chi connectivity index (χ4n) is 5.70. The standard InChI is InChI=1S/C26H29F2N3O4S/c1-26(2)12-22-23(18-8-3-15(27)11-21(18)31(22)36(34,35)13-26)14-9-19(28)24(25(29)33)20(10-14)30-16-4-6-17(32)7-5-16/h3,8-11,16-17,30,32H,4-7,12-13H2,1-2H3,(H2,29,33)/t16-,17-. The van der Waals surface area contributed by atoms with Crippen molar-refractivity contribution in [3.05, 3.63) is 53.2 Å². The van der Waals surface area contributed by atoms with Gasteiger partial charge in [0, 0.05) is 22.7 Å². The molecule has 3 aromatic rings. The fourth-order valence-corrected chi connectivity index (χ4v) is 7.87. The van der Waals surface area contributed by atoms with Crippen molar-refractivity contribution in [2.75, 3.05) is 11.1 Å². The molecular weight excluding hydrogens is 488 g/mol. The van der Waals surface area contributed by atoms with Crippen LogP contribution in [0.2, 0.25) is 0 Å². The number of carbonyl (C=O) groups is 1. The molecule has 10 heteroatoms. The number of hydrogen-bond acceptors (Lipinski definition) is 5. The van der Waals surface area contributed by atoms with Crippen molar-refractivity contribution in [1.82, 2.24) is 3.97 Å². The van der Waals surface area contributed by atoms with Crippen molar-refractivity contribution in [2.24, 2.45) is 11.1 Å². The van der Waals surface area contributed by atoms with Crippen molar-refractivity contribution < 1.29 is 27.1 Å². The highest BCUT2D eigenvalue weighted by Crippen LogP contribution is 2.44. The van der Waals surface area contributed by atoms with Crippen molar-refractivity contribution in [3.8, 4) is 11.1 Å². The van der Waals surface area contributed by atoms with Gasteiger partial charge in [-0.3, -0.25) is 4.79 Å². The molecule has 2 aromatic carbocycles. The second-order valence-electron chi connectivity index (χ2n) is 10.7. The van der Waals surface area contributed by atoms with Gasteiger partial charge in [0.15, 0.2) is 0 Å². The van der Waals surface area contributed by atoms with Crippen molar-refractivity contribution in [3.63, 3.8) is 0 Å². The number of primary amides is 1. The molecule has 0 unspecified atom stereocenters. The Balaban J connectivity index is 1.74. The molecule has 0 spiro atoms. The Morgan fingerprint density at radius 2 is 1.83 bits per heavy atom. The number of nitrogens with one attached hydrogen (secondary N) is 1. The summed E-state index contributed by atoms with van der Waals surface area (Å²) in [6, 6.07) is 6.64. The van der Waals surface area contributed by atoms with Crippen LogP contribution in [0, 0.1) is 17.0 Å². The summed E-state index contributed by atoms with van der Waals surface area (Å²) in [7, 11) is -3.81. The van der Waals surface area contributed by atoms with Gasteiger partial charge in [-0.15, -0.1) is 0 Å². The topological polar surface area (TPSA) is 114 Å². The van der Waals surface area contributed by atoms with Gasteiger partial charge in [-0.05, 0) is 73.4 Å². The minimum atomic E-state index is -3.81. The highest BCUT2D eigenvalue weighted by atomic mass is 32.2. The van der Waals surface area contributed by atoms with Gasteiger partial charge in [0.25, 0.3) is 5.91 Å². The average Bonchev–Trinajstić information content (AvgIpc) is 3.06. The summed E-state index contributed by atoms with van der Waals surface area (Å²) in [4.78, 5) is 12.2. The van der Waals surface area contributed by atoms with E-state index in [0.29, 0.717) is 54.3 Å². The number of hydrogen-bond donors (Lipinski definition) is 3. The van der Waals surface area contributed by atoms with Crippen LogP contribution in [0.25, 0.3) is 22.0 Å². The van der Waals surface area contributed by atoms with E-state index in [1.165, 1.54) is 28.2 Å². The van der Waals surface area contributed by atoms with Crippen LogP contribution < -0.4 is 11.1 Å². The zero-order valence-corrected chi connectivity index (χ0v) is 21.0. The molecule has 5 rings (SSSR count). The van der Waals surface area contributed by atoms with Crippen LogP contribution in [0.5, 0.6) is 0 Å². The van der Waals surface area contributed by atoms with E-state index in [2.05, 4.69) is 5.32 Å². The first kappa shape index (κ1) is 24.7. The summed E-state index contributed by atoms with van der Waals surface area (Å²) < 4.78 is 57.4. The Labute approximate surface area is 208 Å². The van der Waals surface area contributed by atoms with Gasteiger partial charge in [-0.1, -0.05) is 13.8 Å². The molecular formula is C26H29F2N3O4S. The van der Waals surface area contributed by atoms with E-state index >= 15 is 4.39 Å². The Morgan fingerprint density at radius 3 is 2.50 bits per heavy atom. The first-order valence-corrected chi connectivity index (χ1v) is 13.6. The molecule has 2 aliphatic rings. The largest absolute Gasteiger partial charge is 0.393 e. The summed E-state index contributed by atoms with van der Waals surface area (Å²) in [5.74, 6) is -2.44. The average molecular weight is 518 g/mol. The van der Waals surface area contributed by atoms with E-state index < -0.39 is 33.0 Å². The molecule has 1 saturated carbocycles. The highest BCUT2D eigenvalue weighted by Gasteiger charge is 2.39. The van der Waals surface area contributed by atoms with E-state index in [1.807, 2.05) is 13.8 Å². The lowest BCUT2D eigenvalue weighted by atomic mass is 9.87. The molecule has 192 valence electrons. The normalized spacial score (nSPS) is 22.8. The number of aromatic nitrogens is 1. The first-order valence-electron chi connectivity index (χ1n) is 12.0. The maximum atomic E-state index is 15.4. The maximum Gasteiger partial charge on any atom is 0.253 e. The number of anilines is 1. The number of nitrogens with zero attached hydrogens (tertiary/aromatic N) is 1. The number of rotatable bonds is 4. The van der Waals surface area contributed by atoms with E-state index in [4.69, 9.17) is 5.73 Å². The molecule has 0 bridgehead atoms. The molecule has 1 amide bonds. The molecule has 7 nitrogen and oxygen atoms in total. The van der Waals surface area contributed by atoms with Crippen molar-refractivity contribution >= 4 is 32.5 Å². The number of nitrogens with two attached hydrogens (primary N) is 1. The molecule has 4 N–H and O–H groups in total. The summed E-state index contributed by atoms with van der Waals surface area (Å²) >= 11 is 0.